The Hall–Kier alpha value is -1.20. The number of hydrogen-bond donors (Lipinski definition) is 0. The molecule has 0 spiro atoms. The number of aromatic nitrogens is 2. The van der Waals surface area contributed by atoms with Crippen molar-refractivity contribution in [1.29, 1.82) is 0 Å². The second-order valence-corrected chi connectivity index (χ2v) is 4.33. The first-order valence-electron chi connectivity index (χ1n) is 6.29. The molecule has 1 fully saturated rings. The monoisotopic (exact) mass is 253 g/mol. The molecule has 2 rings (SSSR count). The number of rotatable bonds is 4. The van der Waals surface area contributed by atoms with E-state index in [4.69, 9.17) is 9.47 Å². The van der Waals surface area contributed by atoms with Crippen LogP contribution in [0.4, 0.5) is 0 Å². The molecule has 0 saturated carbocycles. The van der Waals surface area contributed by atoms with Crippen LogP contribution in [0.15, 0.2) is 12.3 Å². The summed E-state index contributed by atoms with van der Waals surface area (Å²) in [6, 6.07) is 2.33. The normalized spacial score (nSPS) is 17.4. The first-order chi connectivity index (χ1) is 8.65. The van der Waals surface area contributed by atoms with Gasteiger partial charge in [0.2, 0.25) is 0 Å². The van der Waals surface area contributed by atoms with Crippen molar-refractivity contribution in [3.8, 4) is 6.01 Å². The first kappa shape index (κ1) is 14.9. The average molecular weight is 253 g/mol. The van der Waals surface area contributed by atoms with Crippen molar-refractivity contribution in [2.45, 2.75) is 32.9 Å². The van der Waals surface area contributed by atoms with E-state index in [1.54, 1.807) is 20.4 Å². The zero-order valence-electron chi connectivity index (χ0n) is 11.9. The third kappa shape index (κ3) is 3.65. The highest BCUT2D eigenvalue weighted by molar-refractivity contribution is 5.07. The molecular weight excluding hydrogens is 230 g/mol. The van der Waals surface area contributed by atoms with Crippen molar-refractivity contribution in [2.24, 2.45) is 0 Å². The van der Waals surface area contributed by atoms with Gasteiger partial charge in [-0.15, -0.1) is 0 Å². The van der Waals surface area contributed by atoms with Gasteiger partial charge in [-0.05, 0) is 13.0 Å². The zero-order valence-corrected chi connectivity index (χ0v) is 11.9. The third-order valence-corrected chi connectivity index (χ3v) is 2.87. The maximum absolute atomic E-state index is 5.39. The lowest BCUT2D eigenvalue weighted by Crippen LogP contribution is -2.60. The van der Waals surface area contributed by atoms with Gasteiger partial charge in [0.1, 0.15) is 0 Å². The predicted molar refractivity (Wildman–Crippen MR) is 70.6 cm³/mol. The molecule has 1 aromatic heterocycles. The molecule has 0 unspecified atom stereocenters. The fourth-order valence-electron chi connectivity index (χ4n) is 1.93. The zero-order chi connectivity index (χ0) is 13.6. The fourth-order valence-corrected chi connectivity index (χ4v) is 1.93. The van der Waals surface area contributed by atoms with Crippen LogP contribution in [0.3, 0.4) is 0 Å². The standard InChI is InChI=1S/C11H17N3O2.C2H6/c1-11(16-3)7-14(8-11)6-9-4-5-12-10(13-9)15-2;1-2/h4-5H,6-8H2,1-3H3;1-2H3. The van der Waals surface area contributed by atoms with Crippen LogP contribution in [0, 0.1) is 0 Å². The molecular formula is C13H23N3O2. The van der Waals surface area contributed by atoms with Gasteiger partial charge >= 0.3 is 6.01 Å². The summed E-state index contributed by atoms with van der Waals surface area (Å²) in [5.41, 5.74) is 0.988. The lowest BCUT2D eigenvalue weighted by Gasteiger charge is -2.46. The van der Waals surface area contributed by atoms with Crippen molar-refractivity contribution in [1.82, 2.24) is 14.9 Å². The summed E-state index contributed by atoms with van der Waals surface area (Å²) in [4.78, 5) is 10.5. The summed E-state index contributed by atoms with van der Waals surface area (Å²) in [6.07, 6.45) is 1.72. The Kier molecular flexibility index (Phi) is 5.50. The molecule has 2 heterocycles. The molecule has 0 aliphatic carbocycles. The molecule has 0 radical (unpaired) electrons. The molecule has 0 atom stereocenters. The average Bonchev–Trinajstić information content (AvgIpc) is 2.39. The highest BCUT2D eigenvalue weighted by Crippen LogP contribution is 2.25. The van der Waals surface area contributed by atoms with E-state index < -0.39 is 0 Å². The molecule has 5 nitrogen and oxygen atoms in total. The quantitative estimate of drug-likeness (QED) is 0.818. The Labute approximate surface area is 109 Å². The van der Waals surface area contributed by atoms with Gasteiger partial charge in [0.05, 0.1) is 18.4 Å². The summed E-state index contributed by atoms with van der Waals surface area (Å²) >= 11 is 0. The van der Waals surface area contributed by atoms with Gasteiger partial charge < -0.3 is 9.47 Å². The molecule has 1 aliphatic heterocycles. The number of likely N-dealkylation sites (tertiary alicyclic amines) is 1. The largest absolute Gasteiger partial charge is 0.467 e. The SMILES string of the molecule is CC.COc1nccc(CN2CC(C)(OC)C2)n1. The van der Waals surface area contributed by atoms with E-state index in [-0.39, 0.29) is 5.60 Å². The summed E-state index contributed by atoms with van der Waals surface area (Å²) in [5.74, 6) is 0. The topological polar surface area (TPSA) is 47.5 Å². The second kappa shape index (κ2) is 6.66. The van der Waals surface area contributed by atoms with Crippen LogP contribution in [-0.4, -0.2) is 47.8 Å². The maximum Gasteiger partial charge on any atom is 0.316 e. The van der Waals surface area contributed by atoms with Crippen LogP contribution < -0.4 is 4.74 Å². The Morgan fingerprint density at radius 1 is 1.33 bits per heavy atom. The van der Waals surface area contributed by atoms with Gasteiger partial charge in [0, 0.05) is 32.9 Å². The molecule has 0 bridgehead atoms. The summed E-state index contributed by atoms with van der Waals surface area (Å²) in [7, 11) is 3.33. The molecule has 18 heavy (non-hydrogen) atoms. The molecule has 102 valence electrons. The van der Waals surface area contributed by atoms with E-state index in [2.05, 4.69) is 21.8 Å². The molecule has 1 saturated heterocycles. The van der Waals surface area contributed by atoms with Gasteiger partial charge in [-0.25, -0.2) is 4.98 Å². The molecule has 1 aliphatic rings. The van der Waals surface area contributed by atoms with E-state index in [9.17, 15) is 0 Å². The van der Waals surface area contributed by atoms with Crippen LogP contribution in [0.25, 0.3) is 0 Å². The molecule has 0 aromatic carbocycles. The number of ether oxygens (including phenoxy) is 2. The van der Waals surface area contributed by atoms with E-state index >= 15 is 0 Å². The maximum atomic E-state index is 5.39. The Morgan fingerprint density at radius 3 is 2.56 bits per heavy atom. The summed E-state index contributed by atoms with van der Waals surface area (Å²) in [5, 5.41) is 0. The second-order valence-electron chi connectivity index (χ2n) is 4.33. The van der Waals surface area contributed by atoms with E-state index in [0.29, 0.717) is 6.01 Å². The predicted octanol–water partition coefficient (Wildman–Crippen LogP) is 1.73. The number of hydrogen-bond acceptors (Lipinski definition) is 5. The molecule has 1 aromatic rings. The molecule has 5 heteroatoms. The third-order valence-electron chi connectivity index (χ3n) is 2.87. The highest BCUT2D eigenvalue weighted by Gasteiger charge is 2.38. The van der Waals surface area contributed by atoms with Crippen LogP contribution in [0.2, 0.25) is 0 Å². The van der Waals surface area contributed by atoms with E-state index in [1.165, 1.54) is 0 Å². The summed E-state index contributed by atoms with van der Waals surface area (Å²) < 4.78 is 10.4. The van der Waals surface area contributed by atoms with Crippen molar-refractivity contribution < 1.29 is 9.47 Å². The van der Waals surface area contributed by atoms with Crippen molar-refractivity contribution >= 4 is 0 Å². The van der Waals surface area contributed by atoms with E-state index in [0.717, 1.165) is 25.3 Å². The van der Waals surface area contributed by atoms with Crippen molar-refractivity contribution in [3.63, 3.8) is 0 Å². The highest BCUT2D eigenvalue weighted by atomic mass is 16.5. The lowest BCUT2D eigenvalue weighted by atomic mass is 9.96. The lowest BCUT2D eigenvalue weighted by molar-refractivity contribution is -0.114. The smallest absolute Gasteiger partial charge is 0.316 e. The van der Waals surface area contributed by atoms with Crippen LogP contribution in [0.5, 0.6) is 6.01 Å². The first-order valence-corrected chi connectivity index (χ1v) is 6.29. The number of methoxy groups -OCH3 is 2. The summed E-state index contributed by atoms with van der Waals surface area (Å²) in [6.45, 7) is 8.81. The minimum atomic E-state index is 0.0110. The Morgan fingerprint density at radius 2 is 2.00 bits per heavy atom. The van der Waals surface area contributed by atoms with Crippen LogP contribution >= 0.6 is 0 Å². The molecule has 0 N–H and O–H groups in total. The fraction of sp³-hybridized carbons (Fsp3) is 0.692. The Bertz CT molecular complexity index is 365. The van der Waals surface area contributed by atoms with Crippen LogP contribution in [0.1, 0.15) is 26.5 Å². The van der Waals surface area contributed by atoms with Crippen molar-refractivity contribution in [3.05, 3.63) is 18.0 Å². The van der Waals surface area contributed by atoms with Gasteiger partial charge in [-0.3, -0.25) is 4.90 Å². The van der Waals surface area contributed by atoms with Crippen molar-refractivity contribution in [2.75, 3.05) is 27.3 Å². The van der Waals surface area contributed by atoms with Gasteiger partial charge in [0.15, 0.2) is 0 Å². The Balaban J connectivity index is 0.000000771. The van der Waals surface area contributed by atoms with Gasteiger partial charge in [0.25, 0.3) is 0 Å². The van der Waals surface area contributed by atoms with E-state index in [1.807, 2.05) is 19.9 Å². The minimum absolute atomic E-state index is 0.0110. The van der Waals surface area contributed by atoms with Gasteiger partial charge in [-0.1, -0.05) is 13.8 Å². The molecule has 0 amide bonds. The van der Waals surface area contributed by atoms with Gasteiger partial charge in [-0.2, -0.15) is 4.98 Å². The minimum Gasteiger partial charge on any atom is -0.467 e. The number of nitrogens with zero attached hydrogens (tertiary/aromatic N) is 3. The van der Waals surface area contributed by atoms with Crippen LogP contribution in [-0.2, 0) is 11.3 Å².